The van der Waals surface area contributed by atoms with Crippen LogP contribution in [0.1, 0.15) is 0 Å². The van der Waals surface area contributed by atoms with E-state index >= 15 is 0 Å². The second kappa shape index (κ2) is 15.9. The fourth-order valence-corrected chi connectivity index (χ4v) is 13.0. The Labute approximate surface area is 403 Å². The zero-order valence-electron chi connectivity index (χ0n) is 36.2. The van der Waals surface area contributed by atoms with Gasteiger partial charge in [-0.15, -0.1) is 11.3 Å². The summed E-state index contributed by atoms with van der Waals surface area (Å²) in [6.45, 7) is 0. The molecule has 0 N–H and O–H groups in total. The number of benzene rings is 9. The Balaban J connectivity index is 0.866. The molecule has 13 aromatic rings. The van der Waals surface area contributed by atoms with Crippen LogP contribution in [0.5, 0.6) is 0 Å². The Morgan fingerprint density at radius 3 is 1.74 bits per heavy atom. The van der Waals surface area contributed by atoms with Gasteiger partial charge >= 0.3 is 0 Å². The molecule has 0 saturated carbocycles. The SMILES string of the molecule is c1ccc(-c2cc3nc(-c4ccc5c(c4)Sc4cc(-c6ccc7c(c6)c6c8ccccc8ccc6n7-c6nc(-c7ccccc7)c7ccccc7n6)ccc4S5)nc(-c4ccccc4)c3s2)cc1. The Hall–Kier alpha value is -7.88. The van der Waals surface area contributed by atoms with Crippen molar-refractivity contribution in [2.45, 2.75) is 19.6 Å². The number of nitrogens with zero attached hydrogens (tertiary/aromatic N) is 5. The Morgan fingerprint density at radius 1 is 0.353 bits per heavy atom. The quantitative estimate of drug-likeness (QED) is 0.166. The molecule has 0 aliphatic carbocycles. The van der Waals surface area contributed by atoms with Crippen molar-refractivity contribution in [2.24, 2.45) is 0 Å². The fourth-order valence-electron chi connectivity index (χ4n) is 9.66. The number of hydrogen-bond acceptors (Lipinski definition) is 7. The molecule has 0 amide bonds. The molecule has 5 heterocycles. The van der Waals surface area contributed by atoms with Gasteiger partial charge < -0.3 is 0 Å². The molecule has 0 radical (unpaired) electrons. The minimum atomic E-state index is 0.652. The van der Waals surface area contributed by atoms with Gasteiger partial charge in [0.25, 0.3) is 0 Å². The van der Waals surface area contributed by atoms with Crippen molar-refractivity contribution in [3.8, 4) is 61.4 Å². The molecule has 0 fully saturated rings. The maximum Gasteiger partial charge on any atom is 0.235 e. The van der Waals surface area contributed by atoms with E-state index in [4.69, 9.17) is 19.9 Å². The maximum atomic E-state index is 5.35. The highest BCUT2D eigenvalue weighted by Crippen LogP contribution is 2.51. The maximum absolute atomic E-state index is 5.35. The molecule has 0 unspecified atom stereocenters. The number of aromatic nitrogens is 5. The topological polar surface area (TPSA) is 56.5 Å². The van der Waals surface area contributed by atoms with E-state index in [1.165, 1.54) is 51.7 Å². The molecule has 0 atom stereocenters. The van der Waals surface area contributed by atoms with Crippen LogP contribution in [0.15, 0.2) is 232 Å². The highest BCUT2D eigenvalue weighted by Gasteiger charge is 2.23. The van der Waals surface area contributed by atoms with Gasteiger partial charge in [0.2, 0.25) is 5.95 Å². The van der Waals surface area contributed by atoms with Gasteiger partial charge in [-0.2, -0.15) is 0 Å². The molecule has 0 saturated heterocycles. The van der Waals surface area contributed by atoms with Gasteiger partial charge in [-0.05, 0) is 88.1 Å². The Bertz CT molecular complexity index is 4150. The Kier molecular flexibility index (Phi) is 9.18. The molecule has 68 heavy (non-hydrogen) atoms. The third kappa shape index (κ3) is 6.55. The molecule has 14 rings (SSSR count). The van der Waals surface area contributed by atoms with E-state index in [0.717, 1.165) is 77.0 Å². The normalized spacial score (nSPS) is 12.3. The van der Waals surface area contributed by atoms with Crippen LogP contribution in [-0.4, -0.2) is 24.5 Å². The van der Waals surface area contributed by atoms with E-state index in [0.29, 0.717) is 5.95 Å². The summed E-state index contributed by atoms with van der Waals surface area (Å²) in [5.74, 6) is 1.38. The highest BCUT2D eigenvalue weighted by atomic mass is 32.2. The van der Waals surface area contributed by atoms with E-state index in [1.807, 2.05) is 29.6 Å². The fraction of sp³-hybridized carbons (Fsp3) is 0. The van der Waals surface area contributed by atoms with Gasteiger partial charge in [0.05, 0.1) is 38.2 Å². The van der Waals surface area contributed by atoms with E-state index in [-0.39, 0.29) is 0 Å². The van der Waals surface area contributed by atoms with Crippen LogP contribution in [0.25, 0.3) is 115 Å². The summed E-state index contributed by atoms with van der Waals surface area (Å²) >= 11 is 5.40. The first kappa shape index (κ1) is 39.3. The molecule has 0 spiro atoms. The summed E-state index contributed by atoms with van der Waals surface area (Å²) in [7, 11) is 0. The molecule has 8 heteroatoms. The van der Waals surface area contributed by atoms with Crippen LogP contribution in [0.3, 0.4) is 0 Å². The van der Waals surface area contributed by atoms with Crippen molar-refractivity contribution < 1.29 is 0 Å². The number of fused-ring (bicyclic) bond motifs is 9. The molecular formula is C60H35N5S3. The van der Waals surface area contributed by atoms with Gasteiger partial charge in [-0.25, -0.2) is 19.9 Å². The summed E-state index contributed by atoms with van der Waals surface area (Å²) in [6.07, 6.45) is 0. The molecule has 318 valence electrons. The first-order chi connectivity index (χ1) is 33.7. The Morgan fingerprint density at radius 2 is 0.956 bits per heavy atom. The van der Waals surface area contributed by atoms with E-state index in [2.05, 4.69) is 211 Å². The zero-order chi connectivity index (χ0) is 44.7. The predicted octanol–water partition coefficient (Wildman–Crippen LogP) is 16.8. The second-order valence-corrected chi connectivity index (χ2v) is 20.2. The lowest BCUT2D eigenvalue weighted by atomic mass is 10.00. The van der Waals surface area contributed by atoms with Crippen LogP contribution < -0.4 is 0 Å². The summed E-state index contributed by atoms with van der Waals surface area (Å²) in [6, 6.07) is 75.5. The number of rotatable bonds is 6. The van der Waals surface area contributed by atoms with Crippen molar-refractivity contribution in [1.82, 2.24) is 24.5 Å². The number of hydrogen-bond donors (Lipinski definition) is 0. The number of para-hydroxylation sites is 1. The minimum absolute atomic E-state index is 0.652. The molecule has 1 aliphatic rings. The average molecular weight is 922 g/mol. The molecular weight excluding hydrogens is 887 g/mol. The van der Waals surface area contributed by atoms with Crippen molar-refractivity contribution >= 4 is 88.6 Å². The predicted molar refractivity (Wildman–Crippen MR) is 284 cm³/mol. The van der Waals surface area contributed by atoms with Crippen LogP contribution in [0, 0.1) is 0 Å². The van der Waals surface area contributed by atoms with E-state index in [1.54, 1.807) is 11.3 Å². The highest BCUT2D eigenvalue weighted by molar-refractivity contribution is 8.05. The second-order valence-electron chi connectivity index (χ2n) is 17.0. The van der Waals surface area contributed by atoms with Gasteiger partial charge in [0.1, 0.15) is 0 Å². The van der Waals surface area contributed by atoms with Gasteiger partial charge in [0, 0.05) is 57.3 Å². The molecule has 5 nitrogen and oxygen atoms in total. The summed E-state index contributed by atoms with van der Waals surface area (Å²) in [5.41, 5.74) is 12.5. The largest absolute Gasteiger partial charge is 0.278 e. The summed E-state index contributed by atoms with van der Waals surface area (Å²) < 4.78 is 3.34. The average Bonchev–Trinajstić information content (AvgIpc) is 4.00. The van der Waals surface area contributed by atoms with Crippen molar-refractivity contribution in [2.75, 3.05) is 0 Å². The van der Waals surface area contributed by atoms with Crippen LogP contribution in [-0.2, 0) is 0 Å². The zero-order valence-corrected chi connectivity index (χ0v) is 38.6. The molecule has 1 aliphatic heterocycles. The lowest BCUT2D eigenvalue weighted by Gasteiger charge is -2.20. The van der Waals surface area contributed by atoms with Gasteiger partial charge in [0.15, 0.2) is 5.82 Å². The number of thiophene rings is 1. The van der Waals surface area contributed by atoms with Crippen LogP contribution >= 0.6 is 34.9 Å². The monoisotopic (exact) mass is 921 g/mol. The van der Waals surface area contributed by atoms with Crippen molar-refractivity contribution in [3.05, 3.63) is 212 Å². The third-order valence-corrected chi connectivity index (χ3v) is 16.6. The lowest BCUT2D eigenvalue weighted by molar-refractivity contribution is 1.01. The molecule has 4 aromatic heterocycles. The van der Waals surface area contributed by atoms with Crippen molar-refractivity contribution in [1.29, 1.82) is 0 Å². The van der Waals surface area contributed by atoms with E-state index < -0.39 is 0 Å². The molecule has 0 bridgehead atoms. The standard InChI is InChI=1S/C60H35N5S3/c1-4-15-37(16-5-1)52-35-47-58(68-52)57(39-19-8-3-9-20-39)63-59(61-47)42-27-31-51-54(34-42)67-53-33-41(26-30-50(53)66-51)40-25-28-48-45(32-40)55-43-21-11-10-14-36(43)24-29-49(55)65(48)60-62-46-23-13-12-22-44(46)56(64-60)38-17-6-2-7-18-38/h1-35H. The lowest BCUT2D eigenvalue weighted by Crippen LogP contribution is -2.03. The van der Waals surface area contributed by atoms with Crippen LogP contribution in [0.4, 0.5) is 0 Å². The van der Waals surface area contributed by atoms with Gasteiger partial charge in [-0.1, -0.05) is 175 Å². The van der Waals surface area contributed by atoms with Crippen molar-refractivity contribution in [3.63, 3.8) is 0 Å². The smallest absolute Gasteiger partial charge is 0.235 e. The van der Waals surface area contributed by atoms with E-state index in [9.17, 15) is 0 Å². The first-order valence-corrected chi connectivity index (χ1v) is 25.0. The van der Waals surface area contributed by atoms with Crippen LogP contribution in [0.2, 0.25) is 0 Å². The summed E-state index contributed by atoms with van der Waals surface area (Å²) in [5, 5.41) is 5.78. The molecule has 9 aromatic carbocycles. The summed E-state index contributed by atoms with van der Waals surface area (Å²) in [4.78, 5) is 27.2. The third-order valence-electron chi connectivity index (χ3n) is 12.9. The first-order valence-electron chi connectivity index (χ1n) is 22.5. The minimum Gasteiger partial charge on any atom is -0.278 e. The van der Waals surface area contributed by atoms with Gasteiger partial charge in [-0.3, -0.25) is 4.57 Å².